The molecule has 2 N–H and O–H groups in total. The van der Waals surface area contributed by atoms with Gasteiger partial charge in [-0.15, -0.1) is 0 Å². The van der Waals surface area contributed by atoms with Gasteiger partial charge in [0.05, 0.1) is 12.7 Å². The second kappa shape index (κ2) is 8.94. The van der Waals surface area contributed by atoms with Crippen molar-refractivity contribution in [3.63, 3.8) is 0 Å². The molecule has 0 radical (unpaired) electrons. The van der Waals surface area contributed by atoms with Crippen molar-refractivity contribution in [3.8, 4) is 11.5 Å². The van der Waals surface area contributed by atoms with E-state index in [4.69, 9.17) is 9.47 Å². The maximum absolute atomic E-state index is 12.6. The molecule has 0 fully saturated rings. The first kappa shape index (κ1) is 20.8. The van der Waals surface area contributed by atoms with E-state index in [0.717, 1.165) is 24.3 Å². The van der Waals surface area contributed by atoms with Crippen molar-refractivity contribution >= 4 is 23.6 Å². The number of carbonyl (C=O) groups excluding carboxylic acids is 2. The largest absolute Gasteiger partial charge is 0.504 e. The molecule has 6 nitrogen and oxygen atoms in total. The third-order valence-electron chi connectivity index (χ3n) is 3.43. The minimum atomic E-state index is -4.53. The summed E-state index contributed by atoms with van der Waals surface area (Å²) in [5, 5.41) is 11.7. The number of aromatic hydroxyl groups is 1. The number of esters is 1. The molecule has 2 rings (SSSR count). The van der Waals surface area contributed by atoms with Gasteiger partial charge in [0.15, 0.2) is 18.1 Å². The van der Waals surface area contributed by atoms with Gasteiger partial charge in [0.1, 0.15) is 0 Å². The monoisotopic (exact) mass is 395 g/mol. The number of phenolic OH excluding ortho intramolecular Hbond substituents is 1. The van der Waals surface area contributed by atoms with E-state index in [2.05, 4.69) is 5.32 Å². The summed E-state index contributed by atoms with van der Waals surface area (Å²) in [6.45, 7) is -0.668. The first-order valence-corrected chi connectivity index (χ1v) is 7.88. The lowest BCUT2D eigenvalue weighted by atomic mass is 10.2. The maximum atomic E-state index is 12.6. The average Bonchev–Trinajstić information content (AvgIpc) is 2.65. The molecule has 0 aromatic heterocycles. The Morgan fingerprint density at radius 2 is 1.93 bits per heavy atom. The molecule has 0 saturated heterocycles. The van der Waals surface area contributed by atoms with E-state index in [-0.39, 0.29) is 17.2 Å². The molecule has 0 spiro atoms. The first-order chi connectivity index (χ1) is 13.2. The van der Waals surface area contributed by atoms with Crippen molar-refractivity contribution in [1.82, 2.24) is 0 Å². The number of phenols is 1. The van der Waals surface area contributed by atoms with Crippen LogP contribution in [0.4, 0.5) is 18.9 Å². The zero-order chi connectivity index (χ0) is 20.7. The zero-order valence-electron chi connectivity index (χ0n) is 14.6. The third kappa shape index (κ3) is 6.04. The lowest BCUT2D eigenvalue weighted by Gasteiger charge is -2.09. The molecule has 0 aliphatic carbocycles. The SMILES string of the molecule is COc1cc(C=CC(=O)OCC(=O)Nc2cccc(C(F)(F)F)c2)ccc1O. The van der Waals surface area contributed by atoms with Gasteiger partial charge in [0.25, 0.3) is 5.91 Å². The number of benzene rings is 2. The van der Waals surface area contributed by atoms with Gasteiger partial charge in [-0.1, -0.05) is 12.1 Å². The van der Waals surface area contributed by atoms with E-state index >= 15 is 0 Å². The fourth-order valence-electron chi connectivity index (χ4n) is 2.12. The molecule has 28 heavy (non-hydrogen) atoms. The van der Waals surface area contributed by atoms with Crippen LogP contribution in [0.1, 0.15) is 11.1 Å². The topological polar surface area (TPSA) is 84.9 Å². The van der Waals surface area contributed by atoms with Crippen LogP contribution in [-0.2, 0) is 20.5 Å². The van der Waals surface area contributed by atoms with Crippen LogP contribution in [0, 0.1) is 0 Å². The second-order valence-electron chi connectivity index (χ2n) is 5.50. The summed E-state index contributed by atoms with van der Waals surface area (Å²) in [5.41, 5.74) is -0.433. The van der Waals surface area contributed by atoms with Crippen molar-refractivity contribution < 1.29 is 37.3 Å². The Labute approximate surface area is 158 Å². The number of rotatable bonds is 6. The van der Waals surface area contributed by atoms with Gasteiger partial charge < -0.3 is 19.9 Å². The molecule has 9 heteroatoms. The third-order valence-corrected chi connectivity index (χ3v) is 3.43. The van der Waals surface area contributed by atoms with Crippen LogP contribution in [0.3, 0.4) is 0 Å². The standard InChI is InChI=1S/C19H16F3NO5/c1-27-16-9-12(5-7-15(16)24)6-8-18(26)28-11-17(25)23-14-4-2-3-13(10-14)19(20,21)22/h2-10,24H,11H2,1H3,(H,23,25). The van der Waals surface area contributed by atoms with Gasteiger partial charge in [-0.25, -0.2) is 4.79 Å². The molecule has 0 aliphatic heterocycles. The number of anilines is 1. The van der Waals surface area contributed by atoms with Gasteiger partial charge in [0.2, 0.25) is 0 Å². The number of ether oxygens (including phenoxy) is 2. The minimum absolute atomic E-state index is 0.0616. The molecular weight excluding hydrogens is 379 g/mol. The van der Waals surface area contributed by atoms with Crippen LogP contribution < -0.4 is 10.1 Å². The highest BCUT2D eigenvalue weighted by Gasteiger charge is 2.30. The van der Waals surface area contributed by atoms with Gasteiger partial charge in [0, 0.05) is 11.8 Å². The molecule has 2 aromatic carbocycles. The number of halogens is 3. The highest BCUT2D eigenvalue weighted by molar-refractivity contribution is 5.94. The van der Waals surface area contributed by atoms with Gasteiger partial charge in [-0.05, 0) is 42.0 Å². The van der Waals surface area contributed by atoms with Crippen LogP contribution in [0.25, 0.3) is 6.08 Å². The average molecular weight is 395 g/mol. The van der Waals surface area contributed by atoms with E-state index in [1.807, 2.05) is 0 Å². The minimum Gasteiger partial charge on any atom is -0.504 e. The molecule has 148 valence electrons. The second-order valence-corrected chi connectivity index (χ2v) is 5.50. The van der Waals surface area contributed by atoms with Crippen molar-refractivity contribution in [1.29, 1.82) is 0 Å². The zero-order valence-corrected chi connectivity index (χ0v) is 14.6. The molecule has 0 aliphatic rings. The molecule has 0 saturated carbocycles. The summed E-state index contributed by atoms with van der Waals surface area (Å²) in [7, 11) is 1.37. The summed E-state index contributed by atoms with van der Waals surface area (Å²) in [6, 6.07) is 8.48. The van der Waals surface area contributed by atoms with Gasteiger partial charge in [-0.3, -0.25) is 4.79 Å². The Bertz CT molecular complexity index is 893. The number of hydrogen-bond acceptors (Lipinski definition) is 5. The summed E-state index contributed by atoms with van der Waals surface area (Å²) in [5.74, 6) is -1.46. The molecule has 1 amide bonds. The lowest BCUT2D eigenvalue weighted by molar-refractivity contribution is -0.142. The molecular formula is C19H16F3NO5. The van der Waals surface area contributed by atoms with Crippen molar-refractivity contribution in [3.05, 3.63) is 59.7 Å². The molecule has 0 unspecified atom stereocenters. The van der Waals surface area contributed by atoms with E-state index in [0.29, 0.717) is 5.56 Å². The Hall–Kier alpha value is -3.49. The summed E-state index contributed by atoms with van der Waals surface area (Å²) >= 11 is 0. The number of alkyl halides is 3. The summed E-state index contributed by atoms with van der Waals surface area (Å²) in [4.78, 5) is 23.4. The Morgan fingerprint density at radius 1 is 1.18 bits per heavy atom. The van der Waals surface area contributed by atoms with E-state index in [1.54, 1.807) is 0 Å². The van der Waals surface area contributed by atoms with Crippen molar-refractivity contribution in [2.24, 2.45) is 0 Å². The van der Waals surface area contributed by atoms with Crippen molar-refractivity contribution in [2.45, 2.75) is 6.18 Å². The van der Waals surface area contributed by atoms with Gasteiger partial charge in [-0.2, -0.15) is 13.2 Å². The predicted octanol–water partition coefficient (Wildman–Crippen LogP) is 3.61. The Balaban J connectivity index is 1.88. The number of nitrogens with one attached hydrogen (secondary N) is 1. The van der Waals surface area contributed by atoms with Crippen molar-refractivity contribution in [2.75, 3.05) is 19.0 Å². The van der Waals surface area contributed by atoms with E-state index < -0.39 is 30.2 Å². The Kier molecular flexibility index (Phi) is 6.64. The first-order valence-electron chi connectivity index (χ1n) is 7.88. The molecule has 0 bridgehead atoms. The highest BCUT2D eigenvalue weighted by Crippen LogP contribution is 2.30. The quantitative estimate of drug-likeness (QED) is 0.577. The highest BCUT2D eigenvalue weighted by atomic mass is 19.4. The van der Waals surface area contributed by atoms with Crippen LogP contribution >= 0.6 is 0 Å². The molecule has 0 atom stereocenters. The van der Waals surface area contributed by atoms with Crippen LogP contribution in [0.15, 0.2) is 48.5 Å². The van der Waals surface area contributed by atoms with E-state index in [9.17, 15) is 27.9 Å². The maximum Gasteiger partial charge on any atom is 0.416 e. The van der Waals surface area contributed by atoms with Gasteiger partial charge >= 0.3 is 12.1 Å². The smallest absolute Gasteiger partial charge is 0.416 e. The van der Waals surface area contributed by atoms with E-state index in [1.165, 1.54) is 37.5 Å². The van der Waals surface area contributed by atoms with Crippen LogP contribution in [-0.4, -0.2) is 30.7 Å². The number of carbonyl (C=O) groups is 2. The molecule has 0 heterocycles. The number of hydrogen-bond donors (Lipinski definition) is 2. The normalized spacial score (nSPS) is 11.3. The summed E-state index contributed by atoms with van der Waals surface area (Å²) in [6.07, 6.45) is -2.09. The number of amides is 1. The van der Waals surface area contributed by atoms with Crippen LogP contribution in [0.5, 0.6) is 11.5 Å². The van der Waals surface area contributed by atoms with Crippen LogP contribution in [0.2, 0.25) is 0 Å². The fraction of sp³-hybridized carbons (Fsp3) is 0.158. The number of methoxy groups -OCH3 is 1. The predicted molar refractivity (Wildman–Crippen MR) is 94.7 cm³/mol. The fourth-order valence-corrected chi connectivity index (χ4v) is 2.12. The molecule has 2 aromatic rings. The Morgan fingerprint density at radius 3 is 2.61 bits per heavy atom. The lowest BCUT2D eigenvalue weighted by Crippen LogP contribution is -2.20. The summed E-state index contributed by atoms with van der Waals surface area (Å²) < 4.78 is 47.6.